The van der Waals surface area contributed by atoms with E-state index in [0.29, 0.717) is 31.7 Å². The van der Waals surface area contributed by atoms with Crippen molar-refractivity contribution in [2.45, 2.75) is 6.92 Å². The van der Waals surface area contributed by atoms with Crippen LogP contribution in [0.1, 0.15) is 15.9 Å². The van der Waals surface area contributed by atoms with Gasteiger partial charge in [-0.2, -0.15) is 0 Å². The fraction of sp³-hybridized carbons (Fsp3) is 0.185. The number of para-hydroxylation sites is 1. The van der Waals surface area contributed by atoms with Crippen LogP contribution in [0.25, 0.3) is 27.9 Å². The Kier molecular flexibility index (Phi) is 5.48. The number of hydrogen-bond donors (Lipinski definition) is 0. The average molecular weight is 494 g/mol. The van der Waals surface area contributed by atoms with E-state index in [0.717, 1.165) is 39.4 Å². The van der Waals surface area contributed by atoms with Gasteiger partial charge in [0.15, 0.2) is 11.5 Å². The van der Waals surface area contributed by atoms with Gasteiger partial charge in [-0.15, -0.1) is 10.2 Å². The molecule has 0 atom stereocenters. The number of fused-ring (bicyclic) bond motifs is 3. The molecule has 1 fully saturated rings. The van der Waals surface area contributed by atoms with Gasteiger partial charge in [0.1, 0.15) is 0 Å². The number of anilines is 1. The van der Waals surface area contributed by atoms with Crippen LogP contribution in [0.3, 0.4) is 0 Å². The van der Waals surface area contributed by atoms with Gasteiger partial charge in [0.25, 0.3) is 11.6 Å². The third-order valence-corrected chi connectivity index (χ3v) is 6.68. The molecule has 6 rings (SSSR count). The molecule has 37 heavy (non-hydrogen) atoms. The first kappa shape index (κ1) is 22.6. The number of carbonyl (C=O) groups excluding carboxylic acids is 1. The van der Waals surface area contributed by atoms with Crippen molar-refractivity contribution in [1.82, 2.24) is 24.5 Å². The van der Waals surface area contributed by atoms with Gasteiger partial charge in [-0.25, -0.2) is 9.38 Å². The van der Waals surface area contributed by atoms with E-state index in [1.54, 1.807) is 4.90 Å². The predicted molar refractivity (Wildman–Crippen MR) is 140 cm³/mol. The Morgan fingerprint density at radius 1 is 0.919 bits per heavy atom. The number of piperazine rings is 1. The summed E-state index contributed by atoms with van der Waals surface area (Å²) in [5.41, 5.74) is 4.05. The molecule has 10 heteroatoms. The molecule has 3 aromatic carbocycles. The normalized spacial score (nSPS) is 13.9. The summed E-state index contributed by atoms with van der Waals surface area (Å²) < 4.78 is 2.00. The summed E-state index contributed by atoms with van der Waals surface area (Å²) in [5, 5.41) is 20.9. The largest absolute Gasteiger partial charge is 0.338 e. The van der Waals surface area contributed by atoms with Crippen LogP contribution in [-0.4, -0.2) is 61.5 Å². The highest BCUT2D eigenvalue weighted by Crippen LogP contribution is 2.29. The molecule has 0 unspecified atom stereocenters. The molecule has 1 saturated heterocycles. The quantitative estimate of drug-likeness (QED) is 0.274. The maximum atomic E-state index is 13.0. The van der Waals surface area contributed by atoms with Crippen molar-refractivity contribution >= 4 is 34.1 Å². The van der Waals surface area contributed by atoms with Crippen LogP contribution >= 0.6 is 0 Å². The number of carbonyl (C=O) groups is 1. The maximum Gasteiger partial charge on any atom is 0.269 e. The number of rotatable bonds is 4. The van der Waals surface area contributed by atoms with E-state index in [2.05, 4.69) is 21.2 Å². The lowest BCUT2D eigenvalue weighted by Gasteiger charge is -2.35. The number of benzene rings is 3. The van der Waals surface area contributed by atoms with Crippen LogP contribution in [0.15, 0.2) is 72.8 Å². The molecule has 2 aromatic heterocycles. The predicted octanol–water partition coefficient (Wildman–Crippen LogP) is 4.12. The van der Waals surface area contributed by atoms with Gasteiger partial charge in [0, 0.05) is 54.8 Å². The summed E-state index contributed by atoms with van der Waals surface area (Å²) in [6, 6.07) is 21.8. The minimum Gasteiger partial charge on any atom is -0.338 e. The zero-order valence-corrected chi connectivity index (χ0v) is 20.1. The van der Waals surface area contributed by atoms with Crippen LogP contribution in [0.4, 0.5) is 11.6 Å². The van der Waals surface area contributed by atoms with Gasteiger partial charge in [0.05, 0.1) is 10.4 Å². The minimum absolute atomic E-state index is 0.0360. The van der Waals surface area contributed by atoms with E-state index in [-0.39, 0.29) is 11.6 Å². The van der Waals surface area contributed by atoms with Crippen molar-refractivity contribution in [2.24, 2.45) is 0 Å². The van der Waals surface area contributed by atoms with Crippen molar-refractivity contribution in [1.29, 1.82) is 0 Å². The van der Waals surface area contributed by atoms with Gasteiger partial charge in [-0.3, -0.25) is 14.9 Å². The van der Waals surface area contributed by atoms with Gasteiger partial charge in [-0.05, 0) is 37.3 Å². The minimum atomic E-state index is -0.472. The zero-order valence-electron chi connectivity index (χ0n) is 20.1. The molecule has 1 aliphatic heterocycles. The Morgan fingerprint density at radius 3 is 2.41 bits per heavy atom. The first-order valence-electron chi connectivity index (χ1n) is 12.0. The molecule has 0 spiro atoms. The Labute approximate surface area is 211 Å². The molecular weight excluding hydrogens is 470 g/mol. The smallest absolute Gasteiger partial charge is 0.269 e. The van der Waals surface area contributed by atoms with Crippen molar-refractivity contribution in [2.75, 3.05) is 31.1 Å². The number of nitro benzene ring substituents is 1. The SMILES string of the molecule is Cc1cccc(-c2nnc3c4ccccc4nc(N4CCN(C(=O)c5ccc([N+](=O)[O-])cc5)CC4)n23)c1. The lowest BCUT2D eigenvalue weighted by molar-refractivity contribution is -0.384. The number of aromatic nitrogens is 4. The third-order valence-electron chi connectivity index (χ3n) is 6.68. The van der Waals surface area contributed by atoms with Gasteiger partial charge in [0.2, 0.25) is 5.95 Å². The Bertz CT molecular complexity index is 1650. The number of nitrogens with zero attached hydrogens (tertiary/aromatic N) is 7. The summed E-state index contributed by atoms with van der Waals surface area (Å²) in [6.07, 6.45) is 0. The summed E-state index contributed by atoms with van der Waals surface area (Å²) in [7, 11) is 0. The second-order valence-electron chi connectivity index (χ2n) is 9.06. The van der Waals surface area contributed by atoms with Crippen LogP contribution < -0.4 is 4.90 Å². The second kappa shape index (κ2) is 8.98. The first-order chi connectivity index (χ1) is 18.0. The Balaban J connectivity index is 1.34. The molecule has 3 heterocycles. The van der Waals surface area contributed by atoms with Crippen molar-refractivity contribution < 1.29 is 9.72 Å². The molecule has 0 aliphatic carbocycles. The molecule has 0 bridgehead atoms. The third kappa shape index (κ3) is 4.02. The van der Waals surface area contributed by atoms with Crippen LogP contribution in [-0.2, 0) is 0 Å². The highest BCUT2D eigenvalue weighted by atomic mass is 16.6. The van der Waals surface area contributed by atoms with Gasteiger partial charge in [-0.1, -0.05) is 35.9 Å². The molecule has 1 aliphatic rings. The maximum absolute atomic E-state index is 13.0. The fourth-order valence-electron chi connectivity index (χ4n) is 4.77. The van der Waals surface area contributed by atoms with Crippen molar-refractivity contribution in [3.63, 3.8) is 0 Å². The Morgan fingerprint density at radius 2 is 1.68 bits per heavy atom. The van der Waals surface area contributed by atoms with E-state index in [1.165, 1.54) is 24.3 Å². The van der Waals surface area contributed by atoms with Crippen LogP contribution in [0, 0.1) is 17.0 Å². The number of hydrogen-bond acceptors (Lipinski definition) is 7. The fourth-order valence-corrected chi connectivity index (χ4v) is 4.77. The summed E-state index contributed by atoms with van der Waals surface area (Å²) >= 11 is 0. The highest BCUT2D eigenvalue weighted by molar-refractivity contribution is 5.95. The molecular formula is C27H23N7O3. The molecule has 1 amide bonds. The number of nitro groups is 1. The summed E-state index contributed by atoms with van der Waals surface area (Å²) in [6.45, 7) is 4.18. The lowest BCUT2D eigenvalue weighted by Crippen LogP contribution is -2.49. The van der Waals surface area contributed by atoms with Crippen LogP contribution in [0.5, 0.6) is 0 Å². The summed E-state index contributed by atoms with van der Waals surface area (Å²) in [4.78, 5) is 32.4. The van der Waals surface area contributed by atoms with E-state index in [1.807, 2.05) is 53.8 Å². The first-order valence-corrected chi connectivity index (χ1v) is 12.0. The van der Waals surface area contributed by atoms with E-state index in [9.17, 15) is 14.9 Å². The standard InChI is InChI=1S/C27H23N7O3/c1-18-5-4-6-20(17-18)24-29-30-25-22-7-2-3-8-23(22)28-27(33(24)25)32-15-13-31(14-16-32)26(35)19-9-11-21(12-10-19)34(36)37/h2-12,17H,13-16H2,1H3. The van der Waals surface area contributed by atoms with Crippen LogP contribution in [0.2, 0.25) is 0 Å². The molecule has 5 aromatic rings. The lowest BCUT2D eigenvalue weighted by atomic mass is 10.1. The number of aryl methyl sites for hydroxylation is 1. The molecule has 0 radical (unpaired) electrons. The van der Waals surface area contributed by atoms with Gasteiger partial charge < -0.3 is 9.80 Å². The van der Waals surface area contributed by atoms with E-state index >= 15 is 0 Å². The highest BCUT2D eigenvalue weighted by Gasteiger charge is 2.26. The Hall–Kier alpha value is -4.86. The molecule has 0 N–H and O–H groups in total. The average Bonchev–Trinajstić information content (AvgIpc) is 3.38. The number of non-ortho nitro benzene ring substituents is 1. The molecule has 0 saturated carbocycles. The monoisotopic (exact) mass is 493 g/mol. The van der Waals surface area contributed by atoms with Crippen molar-refractivity contribution in [3.05, 3.63) is 94.0 Å². The molecule has 10 nitrogen and oxygen atoms in total. The van der Waals surface area contributed by atoms with Gasteiger partial charge >= 0.3 is 0 Å². The van der Waals surface area contributed by atoms with E-state index in [4.69, 9.17) is 4.98 Å². The topological polar surface area (TPSA) is 110 Å². The number of amides is 1. The van der Waals surface area contributed by atoms with E-state index < -0.39 is 4.92 Å². The van der Waals surface area contributed by atoms with Crippen molar-refractivity contribution in [3.8, 4) is 11.4 Å². The molecule has 184 valence electrons. The summed E-state index contributed by atoms with van der Waals surface area (Å²) in [5.74, 6) is 1.31. The second-order valence-corrected chi connectivity index (χ2v) is 9.06. The zero-order chi connectivity index (χ0) is 25.5.